The average Bonchev–Trinajstić information content (AvgIpc) is 2.99. The largest absolute Gasteiger partial charge is 0.299 e. The molecule has 4 aliphatic rings. The number of Topliss-reactive ketones (excluding diaryl/α,β-unsaturated/α-hetero) is 1. The van der Waals surface area contributed by atoms with Crippen LogP contribution in [0.1, 0.15) is 112 Å². The van der Waals surface area contributed by atoms with Crippen molar-refractivity contribution >= 4 is 5.78 Å². The summed E-state index contributed by atoms with van der Waals surface area (Å²) in [6.45, 7) is 12.4. The highest BCUT2D eigenvalue weighted by Gasteiger charge is 2.62. The van der Waals surface area contributed by atoms with Crippen LogP contribution in [0, 0.1) is 52.3 Å². The van der Waals surface area contributed by atoms with Crippen molar-refractivity contribution in [3.63, 3.8) is 0 Å². The van der Waals surface area contributed by atoms with E-state index in [1.54, 1.807) is 0 Å². The molecule has 0 bridgehead atoms. The Morgan fingerprint density at radius 1 is 0.893 bits per heavy atom. The van der Waals surface area contributed by atoms with Crippen molar-refractivity contribution < 1.29 is 4.79 Å². The first-order valence-corrected chi connectivity index (χ1v) is 12.8. The first-order chi connectivity index (χ1) is 13.3. The summed E-state index contributed by atoms with van der Waals surface area (Å²) in [4.78, 5) is 13.4. The zero-order valence-electron chi connectivity index (χ0n) is 19.4. The van der Waals surface area contributed by atoms with Crippen LogP contribution in [0.3, 0.4) is 0 Å². The SMILES string of the molecule is CC(C)CCC[C@@H](C)[C@H]1CC[C@@H]2[C@@H]3C(=O)C[C@H]4CCCC[C@]4(C)[C@H]3CC[C@@]21C. The molecule has 8 atom stereocenters. The fourth-order valence-electron chi connectivity index (χ4n) is 8.99. The second-order valence-corrected chi connectivity index (χ2v) is 12.4. The summed E-state index contributed by atoms with van der Waals surface area (Å²) in [5.41, 5.74) is 0.908. The Hall–Kier alpha value is -0.330. The molecule has 1 heteroatoms. The van der Waals surface area contributed by atoms with Crippen molar-refractivity contribution in [2.45, 2.75) is 112 Å². The highest BCUT2D eigenvalue weighted by atomic mass is 16.1. The fourth-order valence-corrected chi connectivity index (χ4v) is 8.99. The van der Waals surface area contributed by atoms with Gasteiger partial charge < -0.3 is 0 Å². The molecule has 28 heavy (non-hydrogen) atoms. The minimum absolute atomic E-state index is 0.408. The molecule has 4 aliphatic carbocycles. The van der Waals surface area contributed by atoms with E-state index in [4.69, 9.17) is 0 Å². The van der Waals surface area contributed by atoms with E-state index in [0.29, 0.717) is 40.3 Å². The van der Waals surface area contributed by atoms with Gasteiger partial charge in [-0.1, -0.05) is 66.7 Å². The van der Waals surface area contributed by atoms with E-state index in [-0.39, 0.29) is 0 Å². The maximum Gasteiger partial charge on any atom is 0.136 e. The summed E-state index contributed by atoms with van der Waals surface area (Å²) < 4.78 is 0. The maximum absolute atomic E-state index is 13.4. The van der Waals surface area contributed by atoms with Crippen molar-refractivity contribution in [3.05, 3.63) is 0 Å². The second-order valence-electron chi connectivity index (χ2n) is 12.4. The summed E-state index contributed by atoms with van der Waals surface area (Å²) in [5, 5.41) is 0. The molecular formula is C27H46O. The van der Waals surface area contributed by atoms with Crippen molar-refractivity contribution in [1.29, 1.82) is 0 Å². The average molecular weight is 387 g/mol. The maximum atomic E-state index is 13.4. The summed E-state index contributed by atoms with van der Waals surface area (Å²) in [7, 11) is 0. The lowest BCUT2D eigenvalue weighted by Gasteiger charge is -2.60. The summed E-state index contributed by atoms with van der Waals surface area (Å²) in [6.07, 6.45) is 16.0. The van der Waals surface area contributed by atoms with Crippen LogP contribution in [0.2, 0.25) is 0 Å². The zero-order valence-corrected chi connectivity index (χ0v) is 19.4. The van der Waals surface area contributed by atoms with E-state index >= 15 is 0 Å². The van der Waals surface area contributed by atoms with Crippen molar-refractivity contribution in [1.82, 2.24) is 0 Å². The number of hydrogen-bond donors (Lipinski definition) is 0. The monoisotopic (exact) mass is 386 g/mol. The summed E-state index contributed by atoms with van der Waals surface area (Å²) in [5.74, 6) is 5.70. The van der Waals surface area contributed by atoms with Gasteiger partial charge >= 0.3 is 0 Å². The predicted octanol–water partition coefficient (Wildman–Crippen LogP) is 7.68. The Morgan fingerprint density at radius 2 is 1.64 bits per heavy atom. The molecule has 0 aliphatic heterocycles. The Kier molecular flexibility index (Phi) is 5.78. The number of ketones is 1. The number of rotatable bonds is 5. The molecule has 0 unspecified atom stereocenters. The molecule has 0 aromatic heterocycles. The highest BCUT2D eigenvalue weighted by Crippen LogP contribution is 2.67. The van der Waals surface area contributed by atoms with Gasteiger partial charge in [0, 0.05) is 12.3 Å². The Balaban J connectivity index is 1.51. The summed E-state index contributed by atoms with van der Waals surface area (Å²) >= 11 is 0. The van der Waals surface area contributed by atoms with Crippen molar-refractivity contribution in [2.24, 2.45) is 52.3 Å². The van der Waals surface area contributed by atoms with E-state index < -0.39 is 0 Å². The number of carbonyl (C=O) groups excluding carboxylic acids is 1. The Labute approximate surface area is 174 Å². The smallest absolute Gasteiger partial charge is 0.136 e. The van der Waals surface area contributed by atoms with Gasteiger partial charge in [0.15, 0.2) is 0 Å². The number of carbonyl (C=O) groups is 1. The van der Waals surface area contributed by atoms with Crippen molar-refractivity contribution in [3.8, 4) is 0 Å². The molecule has 4 fully saturated rings. The van der Waals surface area contributed by atoms with Crippen molar-refractivity contribution in [2.75, 3.05) is 0 Å². The van der Waals surface area contributed by atoms with Gasteiger partial charge in [-0.2, -0.15) is 0 Å². The lowest BCUT2D eigenvalue weighted by atomic mass is 9.44. The Morgan fingerprint density at radius 3 is 2.39 bits per heavy atom. The second kappa shape index (κ2) is 7.73. The first-order valence-electron chi connectivity index (χ1n) is 12.8. The molecule has 0 amide bonds. The van der Waals surface area contributed by atoms with Gasteiger partial charge in [0.25, 0.3) is 0 Å². The quantitative estimate of drug-likeness (QED) is 0.473. The Bertz CT molecular complexity index is 579. The van der Waals surface area contributed by atoms with Crippen LogP contribution in [0.25, 0.3) is 0 Å². The molecular weight excluding hydrogens is 340 g/mol. The van der Waals surface area contributed by atoms with E-state index in [0.717, 1.165) is 24.2 Å². The van der Waals surface area contributed by atoms with Gasteiger partial charge in [0.1, 0.15) is 5.78 Å². The molecule has 0 N–H and O–H groups in total. The lowest BCUT2D eigenvalue weighted by molar-refractivity contribution is -0.156. The molecule has 0 aromatic carbocycles. The normalized spacial score (nSPS) is 46.8. The molecule has 0 spiro atoms. The third-order valence-electron chi connectivity index (χ3n) is 10.6. The molecule has 4 rings (SSSR count). The van der Waals surface area contributed by atoms with Crippen LogP contribution >= 0.6 is 0 Å². The molecule has 4 saturated carbocycles. The topological polar surface area (TPSA) is 17.1 Å². The van der Waals surface area contributed by atoms with Gasteiger partial charge in [-0.05, 0) is 84.9 Å². The van der Waals surface area contributed by atoms with Gasteiger partial charge in [0.05, 0.1) is 0 Å². The van der Waals surface area contributed by atoms with Crippen LogP contribution in [0.5, 0.6) is 0 Å². The van der Waals surface area contributed by atoms with E-state index in [1.165, 1.54) is 70.6 Å². The van der Waals surface area contributed by atoms with E-state index in [2.05, 4.69) is 34.6 Å². The molecule has 160 valence electrons. The van der Waals surface area contributed by atoms with Gasteiger partial charge in [0.2, 0.25) is 0 Å². The van der Waals surface area contributed by atoms with Gasteiger partial charge in [-0.3, -0.25) is 4.79 Å². The third kappa shape index (κ3) is 3.31. The van der Waals surface area contributed by atoms with Crippen LogP contribution in [0.4, 0.5) is 0 Å². The van der Waals surface area contributed by atoms with Gasteiger partial charge in [-0.15, -0.1) is 0 Å². The molecule has 0 radical (unpaired) electrons. The van der Waals surface area contributed by atoms with Crippen LogP contribution in [-0.2, 0) is 4.79 Å². The van der Waals surface area contributed by atoms with Crippen LogP contribution < -0.4 is 0 Å². The molecule has 0 heterocycles. The van der Waals surface area contributed by atoms with E-state index in [1.807, 2.05) is 0 Å². The minimum Gasteiger partial charge on any atom is -0.299 e. The molecule has 0 aromatic rings. The fraction of sp³-hybridized carbons (Fsp3) is 0.963. The molecule has 0 saturated heterocycles. The van der Waals surface area contributed by atoms with E-state index in [9.17, 15) is 4.79 Å². The van der Waals surface area contributed by atoms with Crippen LogP contribution in [0.15, 0.2) is 0 Å². The highest BCUT2D eigenvalue weighted by molar-refractivity contribution is 5.83. The van der Waals surface area contributed by atoms with Crippen LogP contribution in [-0.4, -0.2) is 5.78 Å². The first kappa shape index (κ1) is 20.9. The minimum atomic E-state index is 0.408. The number of fused-ring (bicyclic) bond motifs is 5. The predicted molar refractivity (Wildman–Crippen MR) is 118 cm³/mol. The zero-order chi connectivity index (χ0) is 20.1. The van der Waals surface area contributed by atoms with Gasteiger partial charge in [-0.25, -0.2) is 0 Å². The number of hydrogen-bond acceptors (Lipinski definition) is 1. The molecule has 1 nitrogen and oxygen atoms in total. The lowest BCUT2D eigenvalue weighted by Crippen LogP contribution is -2.56. The standard InChI is InChI=1S/C27H46O/c1-18(2)9-8-10-19(3)21-12-13-22-25-23(14-16-27(21,22)5)26(4)15-7-6-11-20(26)17-24(25)28/h18-23,25H,6-17H2,1-5H3/t19-,20-,21-,22-,23+,25+,26+,27-/m1/s1. The third-order valence-corrected chi connectivity index (χ3v) is 10.6. The summed E-state index contributed by atoms with van der Waals surface area (Å²) in [6, 6.07) is 0.